The van der Waals surface area contributed by atoms with Gasteiger partial charge in [0.15, 0.2) is 0 Å². The highest BCUT2D eigenvalue weighted by molar-refractivity contribution is 7.90. The summed E-state index contributed by atoms with van der Waals surface area (Å²) >= 11 is 0. The molecule has 0 amide bonds. The van der Waals surface area contributed by atoms with Crippen LogP contribution in [0.4, 0.5) is 0 Å². The number of nitrogens with zero attached hydrogens (tertiary/aromatic N) is 1. The van der Waals surface area contributed by atoms with Crippen molar-refractivity contribution in [1.29, 1.82) is 0 Å². The Labute approximate surface area is 143 Å². The number of ether oxygens (including phenoxy) is 3. The van der Waals surface area contributed by atoms with Crippen LogP contribution in [0.3, 0.4) is 0 Å². The van der Waals surface area contributed by atoms with Gasteiger partial charge in [0.25, 0.3) is 0 Å². The molecule has 134 valence electrons. The molecule has 1 aliphatic rings. The lowest BCUT2D eigenvalue weighted by atomic mass is 9.98. The molecule has 1 atom stereocenters. The number of hydrogen-bond acceptors (Lipinski definition) is 6. The van der Waals surface area contributed by atoms with Crippen LogP contribution in [0.15, 0.2) is 30.0 Å². The standard InChI is InChI=1S/C17H25NO5S/c1-21-13-14-5-3-6-15(11-14)23-16-7-8-17(18-12-16)22-9-4-10-24(2,19)20/h7-8,11-12,15H,3-6,9-10,13H2,1-2H3. The summed E-state index contributed by atoms with van der Waals surface area (Å²) in [4.78, 5) is 4.19. The second-order valence-corrected chi connectivity index (χ2v) is 8.23. The SMILES string of the molecule is COCC1=CC(Oc2ccc(OCCCS(C)(=O)=O)nc2)CCC1. The minimum atomic E-state index is -2.95. The molecule has 0 saturated heterocycles. The van der Waals surface area contributed by atoms with Crippen molar-refractivity contribution in [2.24, 2.45) is 0 Å². The molecule has 0 saturated carbocycles. The van der Waals surface area contributed by atoms with Gasteiger partial charge in [-0.15, -0.1) is 0 Å². The van der Waals surface area contributed by atoms with Crippen LogP contribution >= 0.6 is 0 Å². The van der Waals surface area contributed by atoms with Crippen molar-refractivity contribution in [2.45, 2.75) is 31.8 Å². The molecule has 0 spiro atoms. The van der Waals surface area contributed by atoms with Gasteiger partial charge >= 0.3 is 0 Å². The van der Waals surface area contributed by atoms with E-state index in [0.717, 1.165) is 19.3 Å². The number of hydrogen-bond donors (Lipinski definition) is 0. The Morgan fingerprint density at radius 1 is 1.33 bits per heavy atom. The zero-order valence-electron chi connectivity index (χ0n) is 14.2. The fourth-order valence-electron chi connectivity index (χ4n) is 2.55. The van der Waals surface area contributed by atoms with Gasteiger partial charge < -0.3 is 14.2 Å². The van der Waals surface area contributed by atoms with Crippen LogP contribution in [0.1, 0.15) is 25.7 Å². The third kappa shape index (κ3) is 6.88. The maximum Gasteiger partial charge on any atom is 0.213 e. The zero-order valence-corrected chi connectivity index (χ0v) is 15.0. The van der Waals surface area contributed by atoms with E-state index in [1.54, 1.807) is 19.4 Å². The molecule has 24 heavy (non-hydrogen) atoms. The Balaban J connectivity index is 1.80. The normalized spacial score (nSPS) is 18.1. The molecule has 6 nitrogen and oxygen atoms in total. The highest BCUT2D eigenvalue weighted by Gasteiger charge is 2.15. The third-order valence-electron chi connectivity index (χ3n) is 3.64. The van der Waals surface area contributed by atoms with Gasteiger partial charge in [0.1, 0.15) is 21.7 Å². The lowest BCUT2D eigenvalue weighted by molar-refractivity contribution is 0.200. The minimum absolute atomic E-state index is 0.0484. The van der Waals surface area contributed by atoms with Gasteiger partial charge in [0.05, 0.1) is 25.2 Å². The summed E-state index contributed by atoms with van der Waals surface area (Å²) in [5.41, 5.74) is 1.27. The summed E-state index contributed by atoms with van der Waals surface area (Å²) in [5.74, 6) is 1.28. The van der Waals surface area contributed by atoms with Crippen molar-refractivity contribution in [3.63, 3.8) is 0 Å². The van der Waals surface area contributed by atoms with Crippen molar-refractivity contribution in [2.75, 3.05) is 32.3 Å². The van der Waals surface area contributed by atoms with E-state index in [4.69, 9.17) is 14.2 Å². The molecule has 0 N–H and O–H groups in total. The third-order valence-corrected chi connectivity index (χ3v) is 4.67. The van der Waals surface area contributed by atoms with Crippen LogP contribution in [0.25, 0.3) is 0 Å². The summed E-state index contributed by atoms with van der Waals surface area (Å²) in [6.45, 7) is 0.977. The lowest BCUT2D eigenvalue weighted by Gasteiger charge is -2.22. The topological polar surface area (TPSA) is 74.7 Å². The second kappa shape index (κ2) is 9.03. The van der Waals surface area contributed by atoms with Gasteiger partial charge in [-0.05, 0) is 43.4 Å². The monoisotopic (exact) mass is 355 g/mol. The second-order valence-electron chi connectivity index (χ2n) is 5.97. The van der Waals surface area contributed by atoms with E-state index in [1.807, 2.05) is 6.07 Å². The van der Waals surface area contributed by atoms with E-state index in [2.05, 4.69) is 11.1 Å². The number of methoxy groups -OCH3 is 1. The predicted molar refractivity (Wildman–Crippen MR) is 92.3 cm³/mol. The Kier molecular flexibility index (Phi) is 7.05. The van der Waals surface area contributed by atoms with E-state index in [-0.39, 0.29) is 11.9 Å². The average Bonchev–Trinajstić information content (AvgIpc) is 2.53. The van der Waals surface area contributed by atoms with Crippen molar-refractivity contribution in [3.8, 4) is 11.6 Å². The molecule has 0 bridgehead atoms. The molecular weight excluding hydrogens is 330 g/mol. The van der Waals surface area contributed by atoms with Gasteiger partial charge in [-0.25, -0.2) is 13.4 Å². The summed E-state index contributed by atoms with van der Waals surface area (Å²) < 4.78 is 38.6. The summed E-state index contributed by atoms with van der Waals surface area (Å²) in [5, 5.41) is 0. The van der Waals surface area contributed by atoms with Gasteiger partial charge in [0.2, 0.25) is 5.88 Å². The van der Waals surface area contributed by atoms with E-state index < -0.39 is 9.84 Å². The molecule has 0 radical (unpaired) electrons. The van der Waals surface area contributed by atoms with Crippen molar-refractivity contribution in [3.05, 3.63) is 30.0 Å². The maximum atomic E-state index is 11.0. The van der Waals surface area contributed by atoms with Crippen molar-refractivity contribution >= 4 is 9.84 Å². The average molecular weight is 355 g/mol. The Hall–Kier alpha value is -1.60. The maximum absolute atomic E-state index is 11.0. The number of sulfone groups is 1. The lowest BCUT2D eigenvalue weighted by Crippen LogP contribution is -2.19. The number of rotatable bonds is 9. The van der Waals surface area contributed by atoms with Crippen molar-refractivity contribution < 1.29 is 22.6 Å². The van der Waals surface area contributed by atoms with Crippen LogP contribution in [0.5, 0.6) is 11.6 Å². The fourth-order valence-corrected chi connectivity index (χ4v) is 3.20. The molecule has 1 aromatic rings. The van der Waals surface area contributed by atoms with Crippen LogP contribution in [-0.2, 0) is 14.6 Å². The number of aromatic nitrogens is 1. The van der Waals surface area contributed by atoms with Crippen LogP contribution in [0.2, 0.25) is 0 Å². The molecule has 2 rings (SSSR count). The van der Waals surface area contributed by atoms with E-state index in [1.165, 1.54) is 11.8 Å². The minimum Gasteiger partial charge on any atom is -0.485 e. The molecule has 1 heterocycles. The molecule has 1 aliphatic carbocycles. The van der Waals surface area contributed by atoms with Crippen LogP contribution < -0.4 is 9.47 Å². The summed E-state index contributed by atoms with van der Waals surface area (Å²) in [6.07, 6.45) is 8.61. The number of pyridine rings is 1. The Morgan fingerprint density at radius 3 is 2.83 bits per heavy atom. The summed E-state index contributed by atoms with van der Waals surface area (Å²) in [6, 6.07) is 3.55. The molecule has 7 heteroatoms. The van der Waals surface area contributed by atoms with Gasteiger partial charge in [-0.1, -0.05) is 0 Å². The first kappa shape index (κ1) is 18.7. The quantitative estimate of drug-likeness (QED) is 0.500. The summed E-state index contributed by atoms with van der Waals surface area (Å²) in [7, 11) is -1.25. The Bertz CT molecular complexity index is 639. The van der Waals surface area contributed by atoms with Crippen LogP contribution in [0, 0.1) is 0 Å². The molecule has 1 unspecified atom stereocenters. The predicted octanol–water partition coefficient (Wildman–Crippen LogP) is 2.40. The highest BCUT2D eigenvalue weighted by Crippen LogP contribution is 2.23. The van der Waals surface area contributed by atoms with Gasteiger partial charge in [0, 0.05) is 19.4 Å². The van der Waals surface area contributed by atoms with Crippen molar-refractivity contribution in [1.82, 2.24) is 4.98 Å². The van der Waals surface area contributed by atoms with E-state index in [9.17, 15) is 8.42 Å². The highest BCUT2D eigenvalue weighted by atomic mass is 32.2. The zero-order chi connectivity index (χ0) is 17.4. The molecule has 0 aliphatic heterocycles. The first-order chi connectivity index (χ1) is 11.5. The largest absolute Gasteiger partial charge is 0.485 e. The Morgan fingerprint density at radius 2 is 2.17 bits per heavy atom. The molecular formula is C17H25NO5S. The van der Waals surface area contributed by atoms with Gasteiger partial charge in [-0.2, -0.15) is 0 Å². The fraction of sp³-hybridized carbons (Fsp3) is 0.588. The van der Waals surface area contributed by atoms with Crippen LogP contribution in [-0.4, -0.2) is 51.8 Å². The first-order valence-corrected chi connectivity index (χ1v) is 10.1. The molecule has 0 fully saturated rings. The van der Waals surface area contributed by atoms with Gasteiger partial charge in [-0.3, -0.25) is 0 Å². The van der Waals surface area contributed by atoms with E-state index >= 15 is 0 Å². The molecule has 1 aromatic heterocycles. The smallest absolute Gasteiger partial charge is 0.213 e. The first-order valence-electron chi connectivity index (χ1n) is 8.08. The molecule has 0 aromatic carbocycles. The van der Waals surface area contributed by atoms with E-state index in [0.29, 0.717) is 31.3 Å².